The summed E-state index contributed by atoms with van der Waals surface area (Å²) in [7, 11) is 0.0960. The summed E-state index contributed by atoms with van der Waals surface area (Å²) in [5.41, 5.74) is 6.68. The molecule has 0 aromatic carbocycles. The quantitative estimate of drug-likeness (QED) is 0.478. The third-order valence-electron chi connectivity index (χ3n) is 4.01. The van der Waals surface area contributed by atoms with Gasteiger partial charge in [0.1, 0.15) is 48.1 Å². The van der Waals surface area contributed by atoms with Crippen LogP contribution in [0, 0.1) is 6.92 Å². The van der Waals surface area contributed by atoms with E-state index in [1.165, 1.54) is 0 Å². The van der Waals surface area contributed by atoms with E-state index in [9.17, 15) is 10.2 Å². The number of rotatable bonds is 3. The van der Waals surface area contributed by atoms with Crippen molar-refractivity contribution in [1.29, 1.82) is 0 Å². The molecule has 0 spiro atoms. The van der Waals surface area contributed by atoms with Crippen LogP contribution in [0.15, 0.2) is 4.99 Å². The number of hydrogen-bond donors (Lipinski definition) is 3. The zero-order valence-corrected chi connectivity index (χ0v) is 15.5. The Labute approximate surface area is 146 Å². The lowest BCUT2D eigenvalue weighted by Gasteiger charge is -2.24. The van der Waals surface area contributed by atoms with Gasteiger partial charge in [0.15, 0.2) is 12.0 Å². The number of aromatic nitrogens is 2. The van der Waals surface area contributed by atoms with E-state index < -0.39 is 30.7 Å². The van der Waals surface area contributed by atoms with Crippen LogP contribution >= 0.6 is 16.1 Å². The highest BCUT2D eigenvalue weighted by atomic mass is 79.9. The van der Waals surface area contributed by atoms with Crippen molar-refractivity contribution < 1.29 is 14.9 Å². The summed E-state index contributed by atoms with van der Waals surface area (Å²) >= 11 is 3.29. The highest BCUT2D eigenvalue weighted by molar-refractivity contribution is 9.07. The molecule has 1 aromatic rings. The second kappa shape index (κ2) is 6.34. The lowest BCUT2D eigenvalue weighted by atomic mass is 10.1. The maximum Gasteiger partial charge on any atom is 0.166 e. The fraction of sp³-hybridized carbons (Fsp3) is 0.692. The standard InChI is InChI=1S/C13H21BrN5O3S/c1-6-17-8-11(15)18(14)5-16-12(8)19(6)13-10(21)9(20)7(22-13)4-23(2)3/h5,7,9-11,13,20-21H,4,15H2,1-3H3/q+1/t7-,9?,10?,11?,13-/m1/s1. The van der Waals surface area contributed by atoms with Gasteiger partial charge in [-0.3, -0.25) is 8.49 Å². The number of aliphatic imine (C=N–C) groups is 1. The van der Waals surface area contributed by atoms with Gasteiger partial charge in [-0.2, -0.15) is 0 Å². The number of nitrogens with two attached hydrogens (primary N) is 1. The van der Waals surface area contributed by atoms with Crippen molar-refractivity contribution in [3.8, 4) is 0 Å². The average molecular weight is 407 g/mol. The Morgan fingerprint density at radius 3 is 2.74 bits per heavy atom. The van der Waals surface area contributed by atoms with Crippen molar-refractivity contribution in [2.75, 3.05) is 18.3 Å². The molecule has 1 saturated heterocycles. The molecule has 3 unspecified atom stereocenters. The summed E-state index contributed by atoms with van der Waals surface area (Å²) in [6.07, 6.45) is 2.15. The number of aliphatic hydroxyl groups excluding tert-OH is 2. The normalized spacial score (nSPS) is 33.6. The van der Waals surface area contributed by atoms with Crippen LogP contribution in [0.25, 0.3) is 0 Å². The van der Waals surface area contributed by atoms with Gasteiger partial charge in [0.25, 0.3) is 0 Å². The van der Waals surface area contributed by atoms with E-state index in [0.717, 1.165) is 0 Å². The summed E-state index contributed by atoms with van der Waals surface area (Å²) in [5.74, 6) is 1.88. The van der Waals surface area contributed by atoms with Crippen LogP contribution in [0.2, 0.25) is 0 Å². The molecule has 0 aliphatic carbocycles. The Bertz CT molecular complexity index is 625. The highest BCUT2D eigenvalue weighted by Crippen LogP contribution is 2.39. The Kier molecular flexibility index (Phi) is 4.73. The highest BCUT2D eigenvalue weighted by Gasteiger charge is 2.47. The van der Waals surface area contributed by atoms with Crippen molar-refractivity contribution in [3.05, 3.63) is 11.5 Å². The number of ether oxygens (including phenoxy) is 1. The van der Waals surface area contributed by atoms with Gasteiger partial charge < -0.3 is 20.7 Å². The molecule has 2 aliphatic heterocycles. The van der Waals surface area contributed by atoms with Gasteiger partial charge in [0, 0.05) is 0 Å². The largest absolute Gasteiger partial charge is 0.387 e. The van der Waals surface area contributed by atoms with Crippen molar-refractivity contribution >= 4 is 39.2 Å². The number of aliphatic hydroxyl groups is 2. The molecule has 3 rings (SSSR count). The number of aryl methyl sites for hydroxylation is 1. The van der Waals surface area contributed by atoms with Crippen molar-refractivity contribution in [3.63, 3.8) is 0 Å². The van der Waals surface area contributed by atoms with Gasteiger partial charge in [-0.1, -0.05) is 0 Å². The Morgan fingerprint density at radius 2 is 2.09 bits per heavy atom. The van der Waals surface area contributed by atoms with E-state index in [2.05, 4.69) is 38.6 Å². The molecule has 0 saturated carbocycles. The summed E-state index contributed by atoms with van der Waals surface area (Å²) in [4.78, 5) is 8.79. The first-order valence-electron chi connectivity index (χ1n) is 7.19. The molecule has 0 bridgehead atoms. The number of hydrogen-bond acceptors (Lipinski definition) is 7. The molecule has 3 heterocycles. The monoisotopic (exact) mass is 406 g/mol. The molecule has 5 atom stereocenters. The first-order valence-corrected chi connectivity index (χ1v) is 10.1. The maximum atomic E-state index is 10.4. The van der Waals surface area contributed by atoms with Crippen LogP contribution in [-0.2, 0) is 15.6 Å². The smallest absolute Gasteiger partial charge is 0.166 e. The third-order valence-corrected chi connectivity index (χ3v) is 5.63. The van der Waals surface area contributed by atoms with Gasteiger partial charge in [0.2, 0.25) is 0 Å². The fourth-order valence-corrected chi connectivity index (χ4v) is 4.11. The van der Waals surface area contributed by atoms with Crippen molar-refractivity contribution in [2.24, 2.45) is 10.7 Å². The molecule has 10 heteroatoms. The van der Waals surface area contributed by atoms with E-state index in [1.54, 1.807) is 21.8 Å². The van der Waals surface area contributed by atoms with E-state index in [4.69, 9.17) is 10.5 Å². The summed E-state index contributed by atoms with van der Waals surface area (Å²) in [6, 6.07) is 0. The van der Waals surface area contributed by atoms with E-state index in [-0.39, 0.29) is 10.9 Å². The molecule has 2 aliphatic rings. The Balaban J connectivity index is 1.95. The van der Waals surface area contributed by atoms with Crippen LogP contribution < -0.4 is 5.73 Å². The van der Waals surface area contributed by atoms with Gasteiger partial charge in [-0.05, 0) is 17.8 Å². The lowest BCUT2D eigenvalue weighted by Crippen LogP contribution is -2.35. The average Bonchev–Trinajstić information content (AvgIpc) is 2.94. The molecular formula is C13H21BrN5O3S+. The zero-order valence-electron chi connectivity index (χ0n) is 13.1. The second-order valence-corrected chi connectivity index (χ2v) is 9.09. The molecule has 23 heavy (non-hydrogen) atoms. The Morgan fingerprint density at radius 1 is 1.39 bits per heavy atom. The maximum absolute atomic E-state index is 10.4. The summed E-state index contributed by atoms with van der Waals surface area (Å²) < 4.78 is 9.23. The van der Waals surface area contributed by atoms with Gasteiger partial charge in [0.05, 0.1) is 28.7 Å². The van der Waals surface area contributed by atoms with Gasteiger partial charge >= 0.3 is 0 Å². The first kappa shape index (κ1) is 17.2. The SMILES string of the molecule is Cc1nc2c(n1[C@@H]1O[C@H](C[S+](C)C)C(O)C1O)N=CN(Br)C2N. The van der Waals surface area contributed by atoms with E-state index in [0.29, 0.717) is 23.1 Å². The topological polar surface area (TPSA) is 109 Å². The minimum atomic E-state index is -1.03. The van der Waals surface area contributed by atoms with E-state index >= 15 is 0 Å². The predicted molar refractivity (Wildman–Crippen MR) is 92.8 cm³/mol. The number of nitrogens with zero attached hydrogens (tertiary/aromatic N) is 4. The predicted octanol–water partition coefficient (Wildman–Crippen LogP) is -0.0688. The van der Waals surface area contributed by atoms with Crippen LogP contribution in [0.1, 0.15) is 23.9 Å². The van der Waals surface area contributed by atoms with Crippen LogP contribution in [0.5, 0.6) is 0 Å². The second-order valence-electron chi connectivity index (χ2n) is 5.97. The molecule has 1 fully saturated rings. The molecule has 0 amide bonds. The van der Waals surface area contributed by atoms with Crippen LogP contribution in [0.3, 0.4) is 0 Å². The molecule has 1 aromatic heterocycles. The minimum absolute atomic E-state index is 0.0960. The third kappa shape index (κ3) is 2.92. The fourth-order valence-electron chi connectivity index (χ4n) is 2.89. The molecule has 128 valence electrons. The minimum Gasteiger partial charge on any atom is -0.387 e. The summed E-state index contributed by atoms with van der Waals surface area (Å²) in [6.45, 7) is 1.80. The van der Waals surface area contributed by atoms with E-state index in [1.807, 2.05) is 0 Å². The number of halogens is 1. The molecule has 0 radical (unpaired) electrons. The van der Waals surface area contributed by atoms with Gasteiger partial charge in [-0.25, -0.2) is 9.98 Å². The molecular weight excluding hydrogens is 386 g/mol. The van der Waals surface area contributed by atoms with Crippen molar-refractivity contribution in [1.82, 2.24) is 13.5 Å². The van der Waals surface area contributed by atoms with Crippen molar-refractivity contribution in [2.45, 2.75) is 37.6 Å². The molecule has 8 nitrogen and oxygen atoms in total. The number of fused-ring (bicyclic) bond motifs is 1. The van der Waals surface area contributed by atoms with Crippen LogP contribution in [0.4, 0.5) is 5.82 Å². The summed E-state index contributed by atoms with van der Waals surface area (Å²) in [5, 5.41) is 20.7. The Hall–Kier alpha value is -0.650. The molecule has 4 N–H and O–H groups in total. The van der Waals surface area contributed by atoms with Crippen LogP contribution in [-0.4, -0.2) is 66.6 Å². The first-order chi connectivity index (χ1) is 10.8. The zero-order chi connectivity index (χ0) is 16.9. The van der Waals surface area contributed by atoms with Gasteiger partial charge in [-0.15, -0.1) is 0 Å². The number of imidazole rings is 1. The lowest BCUT2D eigenvalue weighted by molar-refractivity contribution is -0.0313.